The molecule has 0 radical (unpaired) electrons. The number of alkyl halides is 3. The number of hydrogen-bond donors (Lipinski definition) is 0. The number of amides is 1. The number of para-hydroxylation sites is 1. The van der Waals surface area contributed by atoms with Crippen LogP contribution in [0.4, 0.5) is 23.7 Å². The van der Waals surface area contributed by atoms with Crippen LogP contribution in [0, 0.1) is 0 Å². The zero-order valence-corrected chi connectivity index (χ0v) is 13.9. The van der Waals surface area contributed by atoms with E-state index in [0.29, 0.717) is 10.1 Å². The lowest BCUT2D eigenvalue weighted by molar-refractivity contribution is -0.162. The van der Waals surface area contributed by atoms with E-state index >= 15 is 0 Å². The number of benzene rings is 2. The van der Waals surface area contributed by atoms with E-state index in [0.717, 1.165) is 7.11 Å². The molecule has 0 saturated heterocycles. The molecule has 25 heavy (non-hydrogen) atoms. The molecule has 0 N–H and O–H groups in total. The lowest BCUT2D eigenvalue weighted by atomic mass is 10.1. The van der Waals surface area contributed by atoms with Crippen LogP contribution in [0.2, 0.25) is 5.02 Å². The van der Waals surface area contributed by atoms with Crippen molar-refractivity contribution >= 4 is 23.4 Å². The molecule has 0 spiro atoms. The molecule has 0 aliphatic carbocycles. The van der Waals surface area contributed by atoms with Crippen LogP contribution in [0.1, 0.15) is 18.1 Å². The van der Waals surface area contributed by atoms with E-state index in [1.807, 2.05) is 0 Å². The van der Waals surface area contributed by atoms with Gasteiger partial charge < -0.3 is 4.74 Å². The summed E-state index contributed by atoms with van der Waals surface area (Å²) in [5.41, 5.74) is 0.474. The highest BCUT2D eigenvalue weighted by Crippen LogP contribution is 2.34. The van der Waals surface area contributed by atoms with Gasteiger partial charge in [-0.1, -0.05) is 41.9 Å². The summed E-state index contributed by atoms with van der Waals surface area (Å²) in [7, 11) is 1.11. The molecule has 0 aliphatic rings. The predicted octanol–water partition coefficient (Wildman–Crippen LogP) is 5.54. The molecule has 2 aromatic rings. The number of hydroxylamine groups is 1. The van der Waals surface area contributed by atoms with Gasteiger partial charge in [0.05, 0.1) is 19.2 Å². The van der Waals surface area contributed by atoms with Crippen LogP contribution in [0.25, 0.3) is 0 Å². The number of nitrogens with zero attached hydrogens (tertiary/aromatic N) is 1. The Labute approximate surface area is 147 Å². The standard InChI is InChI=1S/C17H15ClF3NO3/c1-24-16(23)22(14-5-3-2-4-6-14)25-15(11-17(19,20)21)12-7-9-13(18)10-8-12/h2-10,15H,11H2,1H3. The molecule has 0 saturated carbocycles. The molecule has 1 amide bonds. The molecule has 134 valence electrons. The van der Waals surface area contributed by atoms with Gasteiger partial charge in [0.2, 0.25) is 0 Å². The third-order valence-electron chi connectivity index (χ3n) is 3.22. The van der Waals surface area contributed by atoms with Gasteiger partial charge in [0.25, 0.3) is 0 Å². The van der Waals surface area contributed by atoms with Crippen molar-refractivity contribution in [3.63, 3.8) is 0 Å². The number of hydrogen-bond acceptors (Lipinski definition) is 3. The summed E-state index contributed by atoms with van der Waals surface area (Å²) in [5, 5.41) is 1.08. The van der Waals surface area contributed by atoms with Gasteiger partial charge in [-0.05, 0) is 29.8 Å². The lowest BCUT2D eigenvalue weighted by Crippen LogP contribution is -2.34. The largest absolute Gasteiger partial charge is 0.451 e. The first-order valence-electron chi connectivity index (χ1n) is 7.22. The highest BCUT2D eigenvalue weighted by molar-refractivity contribution is 6.30. The van der Waals surface area contributed by atoms with Crippen molar-refractivity contribution in [2.45, 2.75) is 18.7 Å². The molecule has 2 rings (SSSR count). The maximum atomic E-state index is 13.0. The van der Waals surface area contributed by atoms with Gasteiger partial charge in [0, 0.05) is 5.02 Å². The lowest BCUT2D eigenvalue weighted by Gasteiger charge is -2.27. The van der Waals surface area contributed by atoms with Gasteiger partial charge >= 0.3 is 12.3 Å². The van der Waals surface area contributed by atoms with Crippen molar-refractivity contribution in [3.05, 3.63) is 65.2 Å². The quantitative estimate of drug-likeness (QED) is 0.646. The highest BCUT2D eigenvalue weighted by Gasteiger charge is 2.36. The smallest absolute Gasteiger partial charge is 0.438 e. The van der Waals surface area contributed by atoms with E-state index in [4.69, 9.17) is 16.4 Å². The summed E-state index contributed by atoms with van der Waals surface area (Å²) in [4.78, 5) is 17.4. The van der Waals surface area contributed by atoms with E-state index in [9.17, 15) is 18.0 Å². The highest BCUT2D eigenvalue weighted by atomic mass is 35.5. The molecule has 1 unspecified atom stereocenters. The fourth-order valence-corrected chi connectivity index (χ4v) is 2.21. The second kappa shape index (κ2) is 8.22. The van der Waals surface area contributed by atoms with Crippen LogP contribution in [-0.4, -0.2) is 19.4 Å². The molecule has 4 nitrogen and oxygen atoms in total. The Bertz CT molecular complexity index is 693. The van der Waals surface area contributed by atoms with Crippen LogP contribution in [0.5, 0.6) is 0 Å². The predicted molar refractivity (Wildman–Crippen MR) is 87.3 cm³/mol. The number of anilines is 1. The molecule has 8 heteroatoms. The van der Waals surface area contributed by atoms with E-state index < -0.39 is 24.8 Å². The van der Waals surface area contributed by atoms with Gasteiger partial charge in [0.1, 0.15) is 6.10 Å². The van der Waals surface area contributed by atoms with Crippen molar-refractivity contribution < 1.29 is 27.5 Å². The van der Waals surface area contributed by atoms with Crippen LogP contribution >= 0.6 is 11.6 Å². The first-order chi connectivity index (χ1) is 11.8. The number of methoxy groups -OCH3 is 1. The zero-order valence-electron chi connectivity index (χ0n) is 13.2. The Hall–Kier alpha value is -2.25. The van der Waals surface area contributed by atoms with Crippen molar-refractivity contribution in [3.8, 4) is 0 Å². The molecule has 2 aromatic carbocycles. The second-order valence-electron chi connectivity index (χ2n) is 5.06. The summed E-state index contributed by atoms with van der Waals surface area (Å²) in [6.45, 7) is 0. The Morgan fingerprint density at radius 2 is 1.72 bits per heavy atom. The minimum atomic E-state index is -4.50. The summed E-state index contributed by atoms with van der Waals surface area (Å²) < 4.78 is 43.5. The number of carbonyl (C=O) groups excluding carboxylic acids is 1. The van der Waals surface area contributed by atoms with E-state index in [-0.39, 0.29) is 11.3 Å². The molecule has 0 fully saturated rings. The summed E-state index contributed by atoms with van der Waals surface area (Å²) >= 11 is 5.78. The fourth-order valence-electron chi connectivity index (χ4n) is 2.09. The van der Waals surface area contributed by atoms with Gasteiger partial charge in [-0.25, -0.2) is 4.79 Å². The number of rotatable bonds is 5. The molecule has 0 heterocycles. The van der Waals surface area contributed by atoms with Crippen LogP contribution in [-0.2, 0) is 9.57 Å². The molecule has 0 aromatic heterocycles. The van der Waals surface area contributed by atoms with Gasteiger partial charge in [-0.3, -0.25) is 4.84 Å². The van der Waals surface area contributed by atoms with Gasteiger partial charge in [-0.15, -0.1) is 0 Å². The summed E-state index contributed by atoms with van der Waals surface area (Å²) in [5.74, 6) is 0. The molecule has 0 aliphatic heterocycles. The fraction of sp³-hybridized carbons (Fsp3) is 0.235. The molecule has 1 atom stereocenters. The first kappa shape index (κ1) is 19.1. The number of halogens is 4. The summed E-state index contributed by atoms with van der Waals surface area (Å²) in [6.07, 6.45) is -8.17. The Morgan fingerprint density at radius 1 is 1.12 bits per heavy atom. The van der Waals surface area contributed by atoms with Crippen LogP contribution < -0.4 is 5.06 Å². The Kier molecular flexibility index (Phi) is 6.27. The summed E-state index contributed by atoms with van der Waals surface area (Å²) in [6, 6.07) is 13.7. The van der Waals surface area contributed by atoms with Crippen molar-refractivity contribution in [2.75, 3.05) is 12.2 Å². The van der Waals surface area contributed by atoms with Gasteiger partial charge in [0.15, 0.2) is 0 Å². The average molecular weight is 374 g/mol. The normalized spacial score (nSPS) is 12.5. The van der Waals surface area contributed by atoms with Gasteiger partial charge in [-0.2, -0.15) is 18.2 Å². The maximum absolute atomic E-state index is 13.0. The first-order valence-corrected chi connectivity index (χ1v) is 7.60. The van der Waals surface area contributed by atoms with Crippen molar-refractivity contribution in [1.29, 1.82) is 0 Å². The van der Waals surface area contributed by atoms with Crippen molar-refractivity contribution in [1.82, 2.24) is 0 Å². The third kappa shape index (κ3) is 5.65. The average Bonchev–Trinajstić information content (AvgIpc) is 2.58. The second-order valence-corrected chi connectivity index (χ2v) is 5.50. The minimum absolute atomic E-state index is 0.228. The van der Waals surface area contributed by atoms with Crippen LogP contribution in [0.15, 0.2) is 54.6 Å². The number of carbonyl (C=O) groups is 1. The maximum Gasteiger partial charge on any atom is 0.438 e. The third-order valence-corrected chi connectivity index (χ3v) is 3.47. The Balaban J connectivity index is 2.34. The molecular formula is C17H15ClF3NO3. The topological polar surface area (TPSA) is 38.8 Å². The van der Waals surface area contributed by atoms with E-state index in [2.05, 4.69) is 4.74 Å². The number of ether oxygens (including phenoxy) is 1. The molecular weight excluding hydrogens is 359 g/mol. The minimum Gasteiger partial charge on any atom is -0.451 e. The zero-order chi connectivity index (χ0) is 18.4. The Morgan fingerprint density at radius 3 is 2.24 bits per heavy atom. The van der Waals surface area contributed by atoms with E-state index in [1.165, 1.54) is 36.4 Å². The van der Waals surface area contributed by atoms with Crippen LogP contribution in [0.3, 0.4) is 0 Å². The van der Waals surface area contributed by atoms with Crippen molar-refractivity contribution in [2.24, 2.45) is 0 Å². The monoisotopic (exact) mass is 373 g/mol. The SMILES string of the molecule is COC(=O)N(OC(CC(F)(F)F)c1ccc(Cl)cc1)c1ccccc1. The molecule has 0 bridgehead atoms. The van der Waals surface area contributed by atoms with E-state index in [1.54, 1.807) is 18.2 Å².